The summed E-state index contributed by atoms with van der Waals surface area (Å²) in [5, 5.41) is 18.3. The van der Waals surface area contributed by atoms with Crippen LogP contribution < -0.4 is 0 Å². The third-order valence-corrected chi connectivity index (χ3v) is 2.33. The first-order valence-corrected chi connectivity index (χ1v) is 5.13. The van der Waals surface area contributed by atoms with Crippen molar-refractivity contribution >= 4 is 6.09 Å². The molecule has 0 heterocycles. The van der Waals surface area contributed by atoms with Crippen LogP contribution in [0.25, 0.3) is 0 Å². The van der Waals surface area contributed by atoms with Gasteiger partial charge in [0, 0.05) is 5.54 Å². The molecule has 0 saturated heterocycles. The number of rotatable bonds is 3. The van der Waals surface area contributed by atoms with Gasteiger partial charge in [-0.15, -0.1) is 0 Å². The number of nitriles is 1. The molecule has 0 bridgehead atoms. The van der Waals surface area contributed by atoms with Crippen molar-refractivity contribution in [1.82, 2.24) is 4.90 Å². The van der Waals surface area contributed by atoms with Gasteiger partial charge in [-0.1, -0.05) is 13.3 Å². The maximum Gasteiger partial charge on any atom is 0.409 e. The summed E-state index contributed by atoms with van der Waals surface area (Å²) in [4.78, 5) is 12.4. The molecule has 0 saturated carbocycles. The highest BCUT2D eigenvalue weighted by Gasteiger charge is 2.41. The molecule has 0 spiro atoms. The fourth-order valence-corrected chi connectivity index (χ4v) is 1.94. The Kier molecular flexibility index (Phi) is 4.15. The lowest BCUT2D eigenvalue weighted by Crippen LogP contribution is -2.57. The lowest BCUT2D eigenvalue weighted by molar-refractivity contribution is 0.0456. The molecule has 1 unspecified atom stereocenters. The molecule has 0 rings (SSSR count). The summed E-state index contributed by atoms with van der Waals surface area (Å²) in [6, 6.07) is 2.11. The first-order valence-electron chi connectivity index (χ1n) is 5.13. The van der Waals surface area contributed by atoms with Gasteiger partial charge in [0.25, 0.3) is 0 Å². The van der Waals surface area contributed by atoms with Gasteiger partial charge in [0.1, 0.15) is 5.54 Å². The van der Waals surface area contributed by atoms with E-state index in [2.05, 4.69) is 6.07 Å². The van der Waals surface area contributed by atoms with Crippen molar-refractivity contribution in [2.45, 2.75) is 58.5 Å². The lowest BCUT2D eigenvalue weighted by Gasteiger charge is -2.43. The normalized spacial score (nSPS) is 15.2. The second kappa shape index (κ2) is 4.52. The van der Waals surface area contributed by atoms with E-state index in [-0.39, 0.29) is 0 Å². The Morgan fingerprint density at radius 3 is 2.07 bits per heavy atom. The molecule has 0 aliphatic carbocycles. The fraction of sp³-hybridized carbons (Fsp3) is 0.818. The van der Waals surface area contributed by atoms with Crippen LogP contribution in [0, 0.1) is 11.3 Å². The maximum atomic E-state index is 11.2. The Hall–Kier alpha value is -1.24. The largest absolute Gasteiger partial charge is 0.465 e. The minimum atomic E-state index is -1.04. The number of nitrogens with zero attached hydrogens (tertiary/aromatic N) is 2. The summed E-state index contributed by atoms with van der Waals surface area (Å²) in [6.07, 6.45) is 0.289. The highest BCUT2D eigenvalue weighted by Crippen LogP contribution is 2.28. The number of hydrogen-bond donors (Lipinski definition) is 1. The van der Waals surface area contributed by atoms with Crippen LogP contribution in [0.4, 0.5) is 4.79 Å². The van der Waals surface area contributed by atoms with Crippen LogP contribution in [-0.2, 0) is 0 Å². The zero-order valence-corrected chi connectivity index (χ0v) is 10.2. The Balaban J connectivity index is 5.24. The maximum absolute atomic E-state index is 11.2. The highest BCUT2D eigenvalue weighted by molar-refractivity contribution is 5.68. The molecular formula is C11H20N2O2. The Morgan fingerprint density at radius 1 is 1.40 bits per heavy atom. The van der Waals surface area contributed by atoms with E-state index in [0.29, 0.717) is 6.42 Å². The van der Waals surface area contributed by atoms with Gasteiger partial charge in [0.15, 0.2) is 0 Å². The average Bonchev–Trinajstić information content (AvgIpc) is 2.00. The molecule has 15 heavy (non-hydrogen) atoms. The summed E-state index contributed by atoms with van der Waals surface area (Å²) < 4.78 is 0. The van der Waals surface area contributed by atoms with Gasteiger partial charge in [-0.05, 0) is 34.1 Å². The van der Waals surface area contributed by atoms with E-state index < -0.39 is 17.2 Å². The zero-order chi connectivity index (χ0) is 12.3. The highest BCUT2D eigenvalue weighted by atomic mass is 16.4. The van der Waals surface area contributed by atoms with Gasteiger partial charge in [-0.25, -0.2) is 4.79 Å². The van der Waals surface area contributed by atoms with E-state index in [1.807, 2.05) is 6.92 Å². The Bertz CT molecular complexity index is 275. The van der Waals surface area contributed by atoms with Crippen molar-refractivity contribution in [2.75, 3.05) is 0 Å². The third kappa shape index (κ3) is 3.12. The SMILES string of the molecule is CCCC(C)(C#N)N(C(=O)O)C(C)(C)C. The molecule has 4 heteroatoms. The van der Waals surface area contributed by atoms with Gasteiger partial charge in [0.2, 0.25) is 0 Å². The molecule has 1 amide bonds. The minimum Gasteiger partial charge on any atom is -0.465 e. The van der Waals surface area contributed by atoms with E-state index in [1.165, 1.54) is 4.90 Å². The monoisotopic (exact) mass is 212 g/mol. The molecule has 0 aromatic heterocycles. The summed E-state index contributed by atoms with van der Waals surface area (Å²) in [5.74, 6) is 0. The van der Waals surface area contributed by atoms with E-state index in [0.717, 1.165) is 6.42 Å². The summed E-state index contributed by atoms with van der Waals surface area (Å²) >= 11 is 0. The van der Waals surface area contributed by atoms with Gasteiger partial charge in [-0.2, -0.15) is 5.26 Å². The van der Waals surface area contributed by atoms with Crippen molar-refractivity contribution < 1.29 is 9.90 Å². The van der Waals surface area contributed by atoms with Crippen LogP contribution >= 0.6 is 0 Å². The second-order valence-corrected chi connectivity index (χ2v) is 4.92. The topological polar surface area (TPSA) is 64.3 Å². The first kappa shape index (κ1) is 13.8. The number of carboxylic acid groups (broad SMARTS) is 1. The van der Waals surface area contributed by atoms with Crippen LogP contribution in [0.2, 0.25) is 0 Å². The molecule has 1 atom stereocenters. The molecular weight excluding hydrogens is 192 g/mol. The lowest BCUT2D eigenvalue weighted by atomic mass is 9.90. The molecule has 1 N–H and O–H groups in total. The minimum absolute atomic E-state index is 0.549. The van der Waals surface area contributed by atoms with Gasteiger partial charge >= 0.3 is 6.09 Å². The molecule has 0 aromatic rings. The smallest absolute Gasteiger partial charge is 0.409 e. The average molecular weight is 212 g/mol. The van der Waals surface area contributed by atoms with Crippen LogP contribution in [0.1, 0.15) is 47.5 Å². The molecule has 0 radical (unpaired) electrons. The molecule has 0 fully saturated rings. The van der Waals surface area contributed by atoms with Crippen molar-refractivity contribution in [2.24, 2.45) is 0 Å². The van der Waals surface area contributed by atoms with Gasteiger partial charge in [-0.3, -0.25) is 4.90 Å². The van der Waals surface area contributed by atoms with Crippen LogP contribution in [0.3, 0.4) is 0 Å². The quantitative estimate of drug-likeness (QED) is 0.782. The number of hydrogen-bond acceptors (Lipinski definition) is 2. The molecule has 4 nitrogen and oxygen atoms in total. The molecule has 0 aliphatic rings. The third-order valence-electron chi connectivity index (χ3n) is 2.33. The van der Waals surface area contributed by atoms with E-state index >= 15 is 0 Å². The summed E-state index contributed by atoms with van der Waals surface area (Å²) in [5.41, 5.74) is -1.51. The Morgan fingerprint density at radius 2 is 1.87 bits per heavy atom. The fourth-order valence-electron chi connectivity index (χ4n) is 1.94. The second-order valence-electron chi connectivity index (χ2n) is 4.92. The number of carbonyl (C=O) groups is 1. The van der Waals surface area contributed by atoms with Crippen molar-refractivity contribution in [3.63, 3.8) is 0 Å². The van der Waals surface area contributed by atoms with Crippen LogP contribution in [0.15, 0.2) is 0 Å². The van der Waals surface area contributed by atoms with Crippen molar-refractivity contribution in [3.8, 4) is 6.07 Å². The number of amides is 1. The molecule has 0 aromatic carbocycles. The van der Waals surface area contributed by atoms with Gasteiger partial charge < -0.3 is 5.11 Å². The van der Waals surface area contributed by atoms with E-state index in [9.17, 15) is 9.90 Å². The molecule has 86 valence electrons. The van der Waals surface area contributed by atoms with Crippen molar-refractivity contribution in [1.29, 1.82) is 5.26 Å². The van der Waals surface area contributed by atoms with Crippen molar-refractivity contribution in [3.05, 3.63) is 0 Å². The van der Waals surface area contributed by atoms with Crippen LogP contribution in [-0.4, -0.2) is 27.2 Å². The summed E-state index contributed by atoms with van der Waals surface area (Å²) in [7, 11) is 0. The zero-order valence-electron chi connectivity index (χ0n) is 10.2. The summed E-state index contributed by atoms with van der Waals surface area (Å²) in [6.45, 7) is 9.01. The predicted octanol–water partition coefficient (Wildman–Crippen LogP) is 2.85. The first-order chi connectivity index (χ1) is 6.69. The van der Waals surface area contributed by atoms with E-state index in [4.69, 9.17) is 5.26 Å². The van der Waals surface area contributed by atoms with Crippen LogP contribution in [0.5, 0.6) is 0 Å². The van der Waals surface area contributed by atoms with E-state index in [1.54, 1.807) is 27.7 Å². The van der Waals surface area contributed by atoms with Gasteiger partial charge in [0.05, 0.1) is 6.07 Å². The molecule has 0 aliphatic heterocycles. The predicted molar refractivity (Wildman–Crippen MR) is 58.5 cm³/mol. The Labute approximate surface area is 91.5 Å². The standard InChI is InChI=1S/C11H20N2O2/c1-6-7-11(5,8-12)13(9(14)15)10(2,3)4/h6-7H2,1-5H3,(H,14,15).